The van der Waals surface area contributed by atoms with Crippen molar-refractivity contribution in [1.29, 1.82) is 0 Å². The summed E-state index contributed by atoms with van der Waals surface area (Å²) in [5.74, 6) is -0.744. The SMILES string of the molecule is FC(F)(F)C(F)(F)Oc1c(Cl)cccc1-c1ncc[nH]1. The Bertz CT molecular complexity index is 597. The Balaban J connectivity index is 2.47. The first kappa shape index (κ1) is 14.6. The van der Waals surface area contributed by atoms with E-state index in [1.54, 1.807) is 0 Å². The molecule has 2 rings (SSSR count). The Morgan fingerprint density at radius 3 is 2.40 bits per heavy atom. The molecule has 0 radical (unpaired) electrons. The molecule has 1 N–H and O–H groups in total. The summed E-state index contributed by atoms with van der Waals surface area (Å²) in [5, 5.41) is -0.386. The minimum absolute atomic E-state index is 0.0560. The number of benzene rings is 1. The minimum Gasteiger partial charge on any atom is -0.423 e. The number of nitrogens with one attached hydrogen (secondary N) is 1. The Labute approximate surface area is 114 Å². The lowest BCUT2D eigenvalue weighted by atomic mass is 10.2. The molecule has 0 fully saturated rings. The van der Waals surface area contributed by atoms with Crippen molar-refractivity contribution in [3.63, 3.8) is 0 Å². The fourth-order valence-corrected chi connectivity index (χ4v) is 1.61. The molecular formula is C11H6ClF5N2O. The fourth-order valence-electron chi connectivity index (χ4n) is 1.40. The molecule has 0 spiro atoms. The molecule has 9 heteroatoms. The summed E-state index contributed by atoms with van der Waals surface area (Å²) in [5.41, 5.74) is -0.105. The van der Waals surface area contributed by atoms with E-state index in [1.807, 2.05) is 0 Å². The van der Waals surface area contributed by atoms with Gasteiger partial charge in [-0.05, 0) is 12.1 Å². The smallest absolute Gasteiger partial charge is 0.423 e. The molecular weight excluding hydrogens is 307 g/mol. The third-order valence-corrected chi connectivity index (χ3v) is 2.58. The zero-order valence-corrected chi connectivity index (χ0v) is 10.3. The normalized spacial score (nSPS) is 12.5. The second kappa shape index (κ2) is 4.93. The predicted molar refractivity (Wildman–Crippen MR) is 60.7 cm³/mol. The highest BCUT2D eigenvalue weighted by Gasteiger charge is 2.61. The van der Waals surface area contributed by atoms with Gasteiger partial charge in [-0.3, -0.25) is 0 Å². The second-order valence-electron chi connectivity index (χ2n) is 3.67. The van der Waals surface area contributed by atoms with Gasteiger partial charge in [0.05, 0.1) is 10.6 Å². The van der Waals surface area contributed by atoms with E-state index in [9.17, 15) is 22.0 Å². The van der Waals surface area contributed by atoms with E-state index < -0.39 is 18.0 Å². The molecule has 0 amide bonds. The summed E-state index contributed by atoms with van der Waals surface area (Å²) < 4.78 is 66.3. The zero-order chi connectivity index (χ0) is 15.0. The van der Waals surface area contributed by atoms with Crippen LogP contribution in [0.25, 0.3) is 11.4 Å². The number of hydrogen-bond donors (Lipinski definition) is 1. The third kappa shape index (κ3) is 2.69. The number of rotatable bonds is 3. The number of hydrogen-bond acceptors (Lipinski definition) is 2. The number of halogens is 6. The van der Waals surface area contributed by atoms with Crippen LogP contribution in [0, 0.1) is 0 Å². The molecule has 0 aliphatic heterocycles. The van der Waals surface area contributed by atoms with Gasteiger partial charge in [-0.2, -0.15) is 22.0 Å². The van der Waals surface area contributed by atoms with Crippen molar-refractivity contribution in [3.8, 4) is 17.1 Å². The standard InChI is InChI=1S/C11H6ClF5N2O/c12-7-3-1-2-6(9-18-4-5-19-9)8(7)20-11(16,17)10(13,14)15/h1-5H,(H,18,19). The van der Waals surface area contributed by atoms with E-state index in [-0.39, 0.29) is 16.4 Å². The van der Waals surface area contributed by atoms with Crippen molar-refractivity contribution >= 4 is 11.6 Å². The van der Waals surface area contributed by atoms with Crippen LogP contribution >= 0.6 is 11.6 Å². The predicted octanol–water partition coefficient (Wildman–Crippen LogP) is 4.26. The fraction of sp³-hybridized carbons (Fsp3) is 0.182. The van der Waals surface area contributed by atoms with Crippen molar-refractivity contribution in [2.75, 3.05) is 0 Å². The van der Waals surface area contributed by atoms with Crippen molar-refractivity contribution in [2.24, 2.45) is 0 Å². The highest BCUT2D eigenvalue weighted by molar-refractivity contribution is 6.32. The number of aromatic nitrogens is 2. The molecule has 0 saturated heterocycles. The number of aromatic amines is 1. The minimum atomic E-state index is -5.85. The van der Waals surface area contributed by atoms with Gasteiger partial charge in [0.2, 0.25) is 0 Å². The lowest BCUT2D eigenvalue weighted by molar-refractivity contribution is -0.360. The number of alkyl halides is 5. The van der Waals surface area contributed by atoms with Crippen molar-refractivity contribution in [2.45, 2.75) is 12.3 Å². The average Bonchev–Trinajstić information content (AvgIpc) is 2.83. The first-order valence-corrected chi connectivity index (χ1v) is 5.52. The number of ether oxygens (including phenoxy) is 1. The molecule has 1 aromatic carbocycles. The van der Waals surface area contributed by atoms with Crippen LogP contribution in [0.1, 0.15) is 0 Å². The van der Waals surface area contributed by atoms with Crippen LogP contribution in [-0.4, -0.2) is 22.3 Å². The monoisotopic (exact) mass is 312 g/mol. The van der Waals surface area contributed by atoms with Gasteiger partial charge in [0, 0.05) is 12.4 Å². The van der Waals surface area contributed by atoms with Crippen LogP contribution < -0.4 is 4.74 Å². The van der Waals surface area contributed by atoms with Crippen molar-refractivity contribution < 1.29 is 26.7 Å². The molecule has 2 aromatic rings. The van der Waals surface area contributed by atoms with E-state index in [2.05, 4.69) is 14.7 Å². The second-order valence-corrected chi connectivity index (χ2v) is 4.08. The Kier molecular flexibility index (Phi) is 3.59. The van der Waals surface area contributed by atoms with Gasteiger partial charge in [-0.15, -0.1) is 0 Å². The first-order valence-electron chi connectivity index (χ1n) is 5.14. The van der Waals surface area contributed by atoms with Gasteiger partial charge in [0.15, 0.2) is 5.75 Å². The maximum atomic E-state index is 13.0. The highest BCUT2D eigenvalue weighted by atomic mass is 35.5. The van der Waals surface area contributed by atoms with Crippen LogP contribution in [-0.2, 0) is 0 Å². The number of nitrogens with zero attached hydrogens (tertiary/aromatic N) is 1. The number of para-hydroxylation sites is 1. The van der Waals surface area contributed by atoms with Crippen LogP contribution in [0.3, 0.4) is 0 Å². The summed E-state index contributed by atoms with van der Waals surface area (Å²) in [6, 6.07) is 3.76. The van der Waals surface area contributed by atoms with Gasteiger partial charge in [0.25, 0.3) is 0 Å². The third-order valence-electron chi connectivity index (χ3n) is 2.28. The topological polar surface area (TPSA) is 37.9 Å². The Morgan fingerprint density at radius 1 is 1.15 bits per heavy atom. The summed E-state index contributed by atoms with van der Waals surface area (Å²) >= 11 is 5.64. The van der Waals surface area contributed by atoms with Crippen molar-refractivity contribution in [1.82, 2.24) is 9.97 Å². The van der Waals surface area contributed by atoms with E-state index in [4.69, 9.17) is 11.6 Å². The maximum absolute atomic E-state index is 13.0. The van der Waals surface area contributed by atoms with E-state index >= 15 is 0 Å². The Morgan fingerprint density at radius 2 is 1.85 bits per heavy atom. The molecule has 3 nitrogen and oxygen atoms in total. The summed E-state index contributed by atoms with van der Waals surface area (Å²) in [4.78, 5) is 6.33. The average molecular weight is 313 g/mol. The molecule has 0 saturated carbocycles. The molecule has 108 valence electrons. The van der Waals surface area contributed by atoms with Gasteiger partial charge in [-0.25, -0.2) is 4.98 Å². The van der Waals surface area contributed by atoms with Gasteiger partial charge in [-0.1, -0.05) is 17.7 Å². The quantitative estimate of drug-likeness (QED) is 0.860. The van der Waals surface area contributed by atoms with Crippen molar-refractivity contribution in [3.05, 3.63) is 35.6 Å². The van der Waals surface area contributed by atoms with Crippen LogP contribution in [0.5, 0.6) is 5.75 Å². The number of H-pyrrole nitrogens is 1. The van der Waals surface area contributed by atoms with E-state index in [0.717, 1.165) is 6.07 Å². The lowest BCUT2D eigenvalue weighted by Crippen LogP contribution is -2.42. The van der Waals surface area contributed by atoms with Crippen LogP contribution in [0.4, 0.5) is 22.0 Å². The molecule has 0 atom stereocenters. The van der Waals surface area contributed by atoms with Gasteiger partial charge < -0.3 is 9.72 Å². The van der Waals surface area contributed by atoms with Gasteiger partial charge in [0.1, 0.15) is 5.82 Å². The summed E-state index contributed by atoms with van der Waals surface area (Å²) in [6.45, 7) is 0. The van der Waals surface area contributed by atoms with Gasteiger partial charge >= 0.3 is 12.3 Å². The molecule has 0 unspecified atom stereocenters. The van der Waals surface area contributed by atoms with Crippen LogP contribution in [0.2, 0.25) is 5.02 Å². The summed E-state index contributed by atoms with van der Waals surface area (Å²) in [7, 11) is 0. The molecule has 20 heavy (non-hydrogen) atoms. The Hall–Kier alpha value is -1.83. The largest absolute Gasteiger partial charge is 0.499 e. The van der Waals surface area contributed by atoms with Crippen LogP contribution in [0.15, 0.2) is 30.6 Å². The molecule has 1 aromatic heterocycles. The molecule has 0 aliphatic rings. The summed E-state index contributed by atoms with van der Waals surface area (Å²) in [6.07, 6.45) is -8.53. The first-order chi connectivity index (χ1) is 9.22. The molecule has 1 heterocycles. The lowest BCUT2D eigenvalue weighted by Gasteiger charge is -2.22. The van der Waals surface area contributed by atoms with E-state index in [0.29, 0.717) is 0 Å². The maximum Gasteiger partial charge on any atom is 0.499 e. The zero-order valence-electron chi connectivity index (χ0n) is 9.51. The highest BCUT2D eigenvalue weighted by Crippen LogP contribution is 2.42. The van der Waals surface area contributed by atoms with E-state index in [1.165, 1.54) is 24.5 Å². The molecule has 0 aliphatic carbocycles. The number of imidazole rings is 1. The molecule has 0 bridgehead atoms.